The summed E-state index contributed by atoms with van der Waals surface area (Å²) < 4.78 is 0. The van der Waals surface area contributed by atoms with Crippen LogP contribution < -0.4 is 0 Å². The molecule has 2 saturated heterocycles. The van der Waals surface area contributed by atoms with E-state index in [0.717, 1.165) is 12.5 Å². The van der Waals surface area contributed by atoms with E-state index in [-0.39, 0.29) is 8.41 Å². The van der Waals surface area contributed by atoms with Crippen LogP contribution in [0, 0.1) is 5.92 Å². The zero-order chi connectivity index (χ0) is 15.1. The highest BCUT2D eigenvalue weighted by atomic mass is 16.2. The van der Waals surface area contributed by atoms with E-state index in [4.69, 9.17) is 0 Å². The van der Waals surface area contributed by atoms with Crippen LogP contribution in [-0.2, 0) is 4.79 Å². The van der Waals surface area contributed by atoms with E-state index in [1.807, 2.05) is 27.7 Å². The molecule has 2 heterocycles. The zero-order valence-electron chi connectivity index (χ0n) is 14.8. The third-order valence-corrected chi connectivity index (χ3v) is 4.66. The molecular weight excluding hydrogens is 259 g/mol. The number of fused-ring (bicyclic) bond motifs is 3. The summed E-state index contributed by atoms with van der Waals surface area (Å²) in [4.78, 5) is 16.6. The van der Waals surface area contributed by atoms with Crippen LogP contribution in [0.25, 0.3) is 0 Å². The Labute approximate surface area is 134 Å². The summed E-state index contributed by atoms with van der Waals surface area (Å²) in [5.74, 6) is 1.19. The maximum atomic E-state index is 12.1. The van der Waals surface area contributed by atoms with E-state index in [2.05, 4.69) is 16.8 Å². The van der Waals surface area contributed by atoms with E-state index in [9.17, 15) is 4.79 Å². The van der Waals surface area contributed by atoms with Gasteiger partial charge in [0, 0.05) is 27.0 Å². The van der Waals surface area contributed by atoms with Gasteiger partial charge < -0.3 is 4.90 Å². The number of piperazine rings is 1. The van der Waals surface area contributed by atoms with E-state index < -0.39 is 0 Å². The summed E-state index contributed by atoms with van der Waals surface area (Å²) in [6, 6.07) is 1.12. The minimum Gasteiger partial charge on any atom is -0.334 e. The molecule has 2 aliphatic heterocycles. The van der Waals surface area contributed by atoms with E-state index in [1.54, 1.807) is 0 Å². The zero-order valence-corrected chi connectivity index (χ0v) is 14.8. The van der Waals surface area contributed by atoms with Gasteiger partial charge in [0.1, 0.15) is 0 Å². The van der Waals surface area contributed by atoms with Crippen LogP contribution in [0.3, 0.4) is 0 Å². The third kappa shape index (κ3) is 4.74. The number of amides is 1. The maximum Gasteiger partial charge on any atom is 0.237 e. The smallest absolute Gasteiger partial charge is 0.237 e. The Morgan fingerprint density at radius 3 is 2.29 bits per heavy atom. The van der Waals surface area contributed by atoms with Gasteiger partial charge in [0.05, 0.1) is 6.54 Å². The highest BCUT2D eigenvalue weighted by Crippen LogP contribution is 2.40. The highest BCUT2D eigenvalue weighted by Gasteiger charge is 2.45. The van der Waals surface area contributed by atoms with Crippen molar-refractivity contribution >= 4 is 14.3 Å². The Morgan fingerprint density at radius 2 is 1.62 bits per heavy atom. The number of carbonyl (C=O) groups is 1. The van der Waals surface area contributed by atoms with Gasteiger partial charge in [-0.1, -0.05) is 47.0 Å². The summed E-state index contributed by atoms with van der Waals surface area (Å²) >= 11 is 0. The molecule has 3 fully saturated rings. The molecule has 1 amide bonds. The minimum absolute atomic E-state index is 0. The Balaban J connectivity index is 0.000000741. The van der Waals surface area contributed by atoms with Crippen molar-refractivity contribution in [2.45, 2.75) is 78.3 Å². The van der Waals surface area contributed by atoms with E-state index in [1.165, 1.54) is 38.5 Å². The van der Waals surface area contributed by atoms with Crippen LogP contribution in [0.1, 0.15) is 66.2 Å². The normalized spacial score (nSPS) is 31.4. The van der Waals surface area contributed by atoms with Crippen LogP contribution in [0.5, 0.6) is 0 Å². The Hall–Kier alpha value is -0.505. The first-order valence-corrected chi connectivity index (χ1v) is 8.75. The molecule has 0 bridgehead atoms. The van der Waals surface area contributed by atoms with Crippen molar-refractivity contribution in [3.05, 3.63) is 0 Å². The predicted molar refractivity (Wildman–Crippen MR) is 91.6 cm³/mol. The van der Waals surface area contributed by atoms with Crippen LogP contribution in [0.4, 0.5) is 0 Å². The van der Waals surface area contributed by atoms with Crippen molar-refractivity contribution in [2.75, 3.05) is 20.1 Å². The quantitative estimate of drug-likeness (QED) is 0.641. The van der Waals surface area contributed by atoms with Gasteiger partial charge in [-0.15, -0.1) is 0 Å². The molecule has 3 nitrogen and oxygen atoms in total. The SMILES string of the molecule is CC.CC.CN1CC(=O)N2[C@H](C[C@@H]3CCCCC[C@H]32)C1.[B]. The molecular formula is C17H34BN2O. The highest BCUT2D eigenvalue weighted by molar-refractivity contribution is 5.80. The lowest BCUT2D eigenvalue weighted by Gasteiger charge is -2.38. The summed E-state index contributed by atoms with van der Waals surface area (Å²) in [5.41, 5.74) is 0. The fourth-order valence-electron chi connectivity index (χ4n) is 4.03. The second-order valence-corrected chi connectivity index (χ2v) is 5.85. The molecule has 0 unspecified atom stereocenters. The van der Waals surface area contributed by atoms with Crippen molar-refractivity contribution in [1.82, 2.24) is 9.80 Å². The van der Waals surface area contributed by atoms with E-state index in [0.29, 0.717) is 24.5 Å². The fraction of sp³-hybridized carbons (Fsp3) is 0.941. The molecule has 3 rings (SSSR count). The van der Waals surface area contributed by atoms with Gasteiger partial charge in [0.15, 0.2) is 0 Å². The molecule has 3 atom stereocenters. The Kier molecular flexibility index (Phi) is 10.0. The Bertz CT molecular complexity index is 299. The molecule has 0 spiro atoms. The molecule has 21 heavy (non-hydrogen) atoms. The number of hydrogen-bond acceptors (Lipinski definition) is 2. The first-order valence-electron chi connectivity index (χ1n) is 8.75. The molecule has 3 radical (unpaired) electrons. The lowest BCUT2D eigenvalue weighted by atomic mass is 9.94. The fourth-order valence-corrected chi connectivity index (χ4v) is 4.03. The average molecular weight is 293 g/mol. The standard InChI is InChI=1S/C13H22N2O.2C2H6.B/c1-14-8-11-7-10-5-3-2-4-6-12(10)15(11)13(16)9-14;2*1-2;/h10-12H,2-9H2,1H3;2*1-2H3;/t10-,11+,12+;;;/m0.../s1. The molecule has 1 saturated carbocycles. The molecule has 0 N–H and O–H groups in total. The number of hydrogen-bond donors (Lipinski definition) is 0. The number of likely N-dealkylation sites (N-methyl/N-ethyl adjacent to an activating group) is 1. The first kappa shape index (κ1) is 20.5. The number of rotatable bonds is 0. The van der Waals surface area contributed by atoms with Gasteiger partial charge in [0.2, 0.25) is 5.91 Å². The summed E-state index contributed by atoms with van der Waals surface area (Å²) in [6.45, 7) is 9.73. The van der Waals surface area contributed by atoms with Crippen molar-refractivity contribution < 1.29 is 4.79 Å². The molecule has 3 aliphatic rings. The van der Waals surface area contributed by atoms with Gasteiger partial charge in [-0.3, -0.25) is 9.69 Å². The second-order valence-electron chi connectivity index (χ2n) is 5.85. The number of nitrogens with zero attached hydrogens (tertiary/aromatic N) is 2. The van der Waals surface area contributed by atoms with Crippen molar-refractivity contribution in [3.63, 3.8) is 0 Å². The molecule has 0 aromatic rings. The van der Waals surface area contributed by atoms with Crippen LogP contribution in [0.2, 0.25) is 0 Å². The van der Waals surface area contributed by atoms with Gasteiger partial charge in [-0.25, -0.2) is 0 Å². The minimum atomic E-state index is 0. The maximum absolute atomic E-state index is 12.1. The van der Waals surface area contributed by atoms with Gasteiger partial charge in [0.25, 0.3) is 0 Å². The molecule has 0 aromatic heterocycles. The molecule has 121 valence electrons. The molecule has 1 aliphatic carbocycles. The number of carbonyl (C=O) groups excluding carboxylic acids is 1. The van der Waals surface area contributed by atoms with Crippen LogP contribution in [-0.4, -0.2) is 56.3 Å². The summed E-state index contributed by atoms with van der Waals surface area (Å²) in [6.07, 6.45) is 7.96. The predicted octanol–water partition coefficient (Wildman–Crippen LogP) is 3.15. The first-order chi connectivity index (χ1) is 9.75. The van der Waals surface area contributed by atoms with Gasteiger partial charge in [-0.05, 0) is 32.2 Å². The van der Waals surface area contributed by atoms with Crippen LogP contribution >= 0.6 is 0 Å². The van der Waals surface area contributed by atoms with E-state index >= 15 is 0 Å². The van der Waals surface area contributed by atoms with Crippen LogP contribution in [0.15, 0.2) is 0 Å². The lowest BCUT2D eigenvalue weighted by Crippen LogP contribution is -2.55. The monoisotopic (exact) mass is 293 g/mol. The lowest BCUT2D eigenvalue weighted by molar-refractivity contribution is -0.139. The largest absolute Gasteiger partial charge is 0.334 e. The molecule has 4 heteroatoms. The second kappa shape index (κ2) is 10.3. The van der Waals surface area contributed by atoms with Crippen molar-refractivity contribution in [3.8, 4) is 0 Å². The summed E-state index contributed by atoms with van der Waals surface area (Å²) in [5, 5.41) is 0. The topological polar surface area (TPSA) is 23.6 Å². The van der Waals surface area contributed by atoms with Gasteiger partial charge >= 0.3 is 0 Å². The van der Waals surface area contributed by atoms with Gasteiger partial charge in [-0.2, -0.15) is 0 Å². The van der Waals surface area contributed by atoms with Crippen molar-refractivity contribution in [1.29, 1.82) is 0 Å². The van der Waals surface area contributed by atoms with Crippen molar-refractivity contribution in [2.24, 2.45) is 5.92 Å². The third-order valence-electron chi connectivity index (χ3n) is 4.66. The average Bonchev–Trinajstić information content (AvgIpc) is 2.66. The molecule has 0 aromatic carbocycles. The Morgan fingerprint density at radius 1 is 1.00 bits per heavy atom. The summed E-state index contributed by atoms with van der Waals surface area (Å²) in [7, 11) is 2.07.